The molecule has 122 valence electrons. The van der Waals surface area contributed by atoms with Gasteiger partial charge < -0.3 is 9.47 Å². The van der Waals surface area contributed by atoms with E-state index in [1.165, 1.54) is 0 Å². The van der Waals surface area contributed by atoms with E-state index < -0.39 is 22.2 Å². The number of hydrogen-bond donors (Lipinski definition) is 1. The van der Waals surface area contributed by atoms with Gasteiger partial charge in [-0.25, -0.2) is 5.14 Å². The SMILES string of the molecule is NS(=O)(=O)OC[C@@H]1OC2(CCCC2)O[C@H]1c1ccccc1I. The van der Waals surface area contributed by atoms with Gasteiger partial charge in [-0.05, 0) is 47.1 Å². The third-order valence-corrected chi connectivity index (χ3v) is 5.47. The van der Waals surface area contributed by atoms with Crippen LogP contribution in [0.2, 0.25) is 0 Å². The van der Waals surface area contributed by atoms with Crippen molar-refractivity contribution in [3.8, 4) is 0 Å². The maximum atomic E-state index is 11.1. The van der Waals surface area contributed by atoms with E-state index >= 15 is 0 Å². The molecule has 0 unspecified atom stereocenters. The van der Waals surface area contributed by atoms with Gasteiger partial charge in [0.1, 0.15) is 12.2 Å². The van der Waals surface area contributed by atoms with Crippen LogP contribution in [0, 0.1) is 3.57 Å². The molecule has 0 radical (unpaired) electrons. The monoisotopic (exact) mass is 439 g/mol. The number of nitrogens with two attached hydrogens (primary N) is 1. The normalized spacial score (nSPS) is 27.5. The van der Waals surface area contributed by atoms with Crippen molar-refractivity contribution < 1.29 is 22.1 Å². The van der Waals surface area contributed by atoms with Crippen molar-refractivity contribution in [1.82, 2.24) is 0 Å². The van der Waals surface area contributed by atoms with Crippen molar-refractivity contribution in [3.05, 3.63) is 33.4 Å². The summed E-state index contributed by atoms with van der Waals surface area (Å²) < 4.78 is 40.2. The summed E-state index contributed by atoms with van der Waals surface area (Å²) >= 11 is 2.24. The fourth-order valence-electron chi connectivity index (χ4n) is 3.08. The first-order valence-electron chi connectivity index (χ1n) is 7.16. The minimum absolute atomic E-state index is 0.143. The van der Waals surface area contributed by atoms with Crippen molar-refractivity contribution >= 4 is 32.9 Å². The second kappa shape index (κ2) is 6.33. The third kappa shape index (κ3) is 3.62. The second-order valence-electron chi connectivity index (χ2n) is 5.61. The summed E-state index contributed by atoms with van der Waals surface area (Å²) in [6.07, 6.45) is 2.88. The Morgan fingerprint density at radius 2 is 1.95 bits per heavy atom. The molecule has 2 N–H and O–H groups in total. The Balaban J connectivity index is 1.85. The molecule has 1 aromatic rings. The van der Waals surface area contributed by atoms with E-state index in [1.54, 1.807) is 0 Å². The molecule has 1 saturated carbocycles. The van der Waals surface area contributed by atoms with E-state index in [9.17, 15) is 8.42 Å². The lowest BCUT2D eigenvalue weighted by Crippen LogP contribution is -2.29. The van der Waals surface area contributed by atoms with E-state index in [0.29, 0.717) is 0 Å². The van der Waals surface area contributed by atoms with E-state index in [2.05, 4.69) is 22.6 Å². The highest BCUT2D eigenvalue weighted by atomic mass is 127. The summed E-state index contributed by atoms with van der Waals surface area (Å²) in [7, 11) is -4.00. The molecule has 1 aliphatic carbocycles. The van der Waals surface area contributed by atoms with Gasteiger partial charge in [-0.1, -0.05) is 18.2 Å². The Morgan fingerprint density at radius 3 is 2.59 bits per heavy atom. The highest BCUT2D eigenvalue weighted by Gasteiger charge is 2.50. The first-order valence-corrected chi connectivity index (χ1v) is 9.71. The van der Waals surface area contributed by atoms with Crippen LogP contribution in [-0.4, -0.2) is 26.9 Å². The van der Waals surface area contributed by atoms with Crippen LogP contribution in [-0.2, 0) is 24.0 Å². The second-order valence-corrected chi connectivity index (χ2v) is 7.99. The van der Waals surface area contributed by atoms with Crippen molar-refractivity contribution in [3.63, 3.8) is 0 Å². The fraction of sp³-hybridized carbons (Fsp3) is 0.571. The van der Waals surface area contributed by atoms with Gasteiger partial charge in [-0.3, -0.25) is 4.18 Å². The van der Waals surface area contributed by atoms with Crippen molar-refractivity contribution in [1.29, 1.82) is 0 Å². The molecule has 2 fully saturated rings. The molecule has 0 amide bonds. The Kier molecular flexibility index (Phi) is 4.77. The zero-order valence-electron chi connectivity index (χ0n) is 11.9. The molecular formula is C14H18INO5S. The van der Waals surface area contributed by atoms with Gasteiger partial charge >= 0.3 is 10.3 Å². The summed E-state index contributed by atoms with van der Waals surface area (Å²) in [6.45, 7) is -0.143. The molecule has 2 aliphatic rings. The smallest absolute Gasteiger partial charge is 0.333 e. The van der Waals surface area contributed by atoms with Gasteiger partial charge in [-0.2, -0.15) is 8.42 Å². The highest BCUT2D eigenvalue weighted by Crippen LogP contribution is 2.47. The number of benzene rings is 1. The van der Waals surface area contributed by atoms with Crippen LogP contribution >= 0.6 is 22.6 Å². The molecule has 2 atom stereocenters. The molecule has 1 heterocycles. The summed E-state index contributed by atoms with van der Waals surface area (Å²) in [5.41, 5.74) is 0.981. The zero-order chi connectivity index (χ0) is 15.8. The molecule has 1 aromatic carbocycles. The van der Waals surface area contributed by atoms with Crippen molar-refractivity contribution in [2.75, 3.05) is 6.61 Å². The predicted molar refractivity (Wildman–Crippen MR) is 88.1 cm³/mol. The van der Waals surface area contributed by atoms with E-state index in [1.807, 2.05) is 24.3 Å². The van der Waals surface area contributed by atoms with Crippen LogP contribution in [0.5, 0.6) is 0 Å². The lowest BCUT2D eigenvalue weighted by molar-refractivity contribution is -0.171. The maximum absolute atomic E-state index is 11.1. The number of hydrogen-bond acceptors (Lipinski definition) is 5. The Hall–Kier alpha value is -0.260. The quantitative estimate of drug-likeness (QED) is 0.728. The van der Waals surface area contributed by atoms with Crippen molar-refractivity contribution in [2.45, 2.75) is 43.7 Å². The number of halogens is 1. The molecule has 1 aliphatic heterocycles. The number of rotatable bonds is 4. The zero-order valence-corrected chi connectivity index (χ0v) is 14.9. The Morgan fingerprint density at radius 1 is 1.27 bits per heavy atom. The highest BCUT2D eigenvalue weighted by molar-refractivity contribution is 14.1. The van der Waals surface area contributed by atoms with E-state index in [-0.39, 0.29) is 12.7 Å². The lowest BCUT2D eigenvalue weighted by atomic mass is 10.1. The average Bonchev–Trinajstić information content (AvgIpc) is 3.04. The number of ether oxygens (including phenoxy) is 2. The largest absolute Gasteiger partial charge is 0.341 e. The Bertz CT molecular complexity index is 644. The Labute approximate surface area is 143 Å². The molecular weight excluding hydrogens is 421 g/mol. The van der Waals surface area contributed by atoms with Gasteiger partial charge in [0, 0.05) is 16.4 Å². The standard InChI is InChI=1S/C14H18INO5S/c15-11-6-2-1-5-10(11)13-12(9-19-22(16,17)18)20-14(21-13)7-3-4-8-14/h1-2,5-6,12-13H,3-4,7-9H2,(H2,16,17,18)/t12-,13-/m0/s1. The van der Waals surface area contributed by atoms with E-state index in [4.69, 9.17) is 18.8 Å². The molecule has 3 rings (SSSR count). The van der Waals surface area contributed by atoms with Gasteiger partial charge in [0.15, 0.2) is 5.79 Å². The first-order chi connectivity index (χ1) is 10.4. The van der Waals surface area contributed by atoms with Gasteiger partial charge in [-0.15, -0.1) is 0 Å². The van der Waals surface area contributed by atoms with Crippen LogP contribution in [0.1, 0.15) is 37.4 Å². The average molecular weight is 439 g/mol. The minimum Gasteiger partial charge on any atom is -0.341 e. The van der Waals surface area contributed by atoms with Gasteiger partial charge in [0.25, 0.3) is 0 Å². The van der Waals surface area contributed by atoms with Gasteiger partial charge in [0.05, 0.1) is 6.61 Å². The summed E-state index contributed by atoms with van der Waals surface area (Å²) in [5.74, 6) is -0.615. The van der Waals surface area contributed by atoms with Crippen LogP contribution in [0.15, 0.2) is 24.3 Å². The topological polar surface area (TPSA) is 87.9 Å². The predicted octanol–water partition coefficient (Wildman–Crippen LogP) is 2.24. The van der Waals surface area contributed by atoms with Crippen LogP contribution in [0.25, 0.3) is 0 Å². The maximum Gasteiger partial charge on any atom is 0.333 e. The molecule has 22 heavy (non-hydrogen) atoms. The molecule has 1 saturated heterocycles. The summed E-state index contributed by atoms with van der Waals surface area (Å²) in [6, 6.07) is 7.82. The van der Waals surface area contributed by atoms with E-state index in [0.717, 1.165) is 34.8 Å². The van der Waals surface area contributed by atoms with Gasteiger partial charge in [0.2, 0.25) is 0 Å². The van der Waals surface area contributed by atoms with Crippen molar-refractivity contribution in [2.24, 2.45) is 5.14 Å². The molecule has 0 bridgehead atoms. The minimum atomic E-state index is -4.00. The molecule has 0 aromatic heterocycles. The molecule has 6 nitrogen and oxygen atoms in total. The molecule has 8 heteroatoms. The summed E-state index contributed by atoms with van der Waals surface area (Å²) in [4.78, 5) is 0. The third-order valence-electron chi connectivity index (χ3n) is 4.02. The fourth-order valence-corrected chi connectivity index (χ4v) is 4.09. The first kappa shape index (κ1) is 16.6. The van der Waals surface area contributed by atoms with Crippen LogP contribution in [0.4, 0.5) is 0 Å². The lowest BCUT2D eigenvalue weighted by Gasteiger charge is -2.22. The summed E-state index contributed by atoms with van der Waals surface area (Å²) in [5, 5.41) is 4.92. The van der Waals surface area contributed by atoms with Crippen LogP contribution < -0.4 is 5.14 Å². The molecule has 1 spiro atoms. The van der Waals surface area contributed by atoms with Crippen LogP contribution in [0.3, 0.4) is 0 Å².